The van der Waals surface area contributed by atoms with Crippen LogP contribution in [-0.2, 0) is 37.5 Å². The van der Waals surface area contributed by atoms with Gasteiger partial charge in [0.1, 0.15) is 12.6 Å². The Labute approximate surface area is 365 Å². The highest BCUT2D eigenvalue weighted by Crippen LogP contribution is 2.43. The molecule has 0 aliphatic heterocycles. The van der Waals surface area contributed by atoms with Gasteiger partial charge in [0.15, 0.2) is 6.10 Å². The number of unbranched alkanes of at least 4 members (excludes halogenated alkanes) is 12. The lowest BCUT2D eigenvalue weighted by molar-refractivity contribution is -0.161. The van der Waals surface area contributed by atoms with Gasteiger partial charge in [0.25, 0.3) is 0 Å². The van der Waals surface area contributed by atoms with E-state index in [1.807, 2.05) is 18.2 Å². The zero-order chi connectivity index (χ0) is 45.1. The largest absolute Gasteiger partial charge is 0.480 e. The number of rotatable bonds is 38. The molecule has 0 saturated heterocycles. The maximum Gasteiger partial charge on any atom is 0.472 e. The summed E-state index contributed by atoms with van der Waals surface area (Å²) in [4.78, 5) is 46.2. The van der Waals surface area contributed by atoms with E-state index in [4.69, 9.17) is 24.8 Å². The van der Waals surface area contributed by atoms with Crippen LogP contribution in [0.4, 0.5) is 0 Å². The summed E-state index contributed by atoms with van der Waals surface area (Å²) in [6.07, 6.45) is 32.5. The number of phosphoric acid groups is 1. The molecular formula is C46H80NO13P. The van der Waals surface area contributed by atoms with Crippen molar-refractivity contribution < 1.29 is 62.8 Å². The zero-order valence-electron chi connectivity index (χ0n) is 37.1. The van der Waals surface area contributed by atoms with Gasteiger partial charge in [0.2, 0.25) is 0 Å². The molecule has 1 aliphatic carbocycles. The summed E-state index contributed by atoms with van der Waals surface area (Å²) in [5.74, 6) is -2.98. The molecule has 61 heavy (non-hydrogen) atoms. The molecule has 15 heteroatoms. The quantitative estimate of drug-likeness (QED) is 0.0148. The van der Waals surface area contributed by atoms with Crippen molar-refractivity contribution in [3.8, 4) is 0 Å². The molecule has 0 bridgehead atoms. The van der Waals surface area contributed by atoms with Crippen LogP contribution in [0.3, 0.4) is 0 Å². The van der Waals surface area contributed by atoms with Gasteiger partial charge < -0.3 is 40.5 Å². The average molecular weight is 886 g/mol. The van der Waals surface area contributed by atoms with Gasteiger partial charge in [-0.05, 0) is 63.7 Å². The van der Waals surface area contributed by atoms with Crippen molar-refractivity contribution in [2.24, 2.45) is 17.6 Å². The number of aliphatic carboxylic acids is 1. The second-order valence-corrected chi connectivity index (χ2v) is 17.6. The molecule has 0 aromatic heterocycles. The minimum Gasteiger partial charge on any atom is -0.480 e. The Balaban J connectivity index is 2.50. The predicted molar refractivity (Wildman–Crippen MR) is 237 cm³/mol. The molecule has 1 unspecified atom stereocenters. The summed E-state index contributed by atoms with van der Waals surface area (Å²) in [6, 6.07) is -1.57. The fourth-order valence-electron chi connectivity index (χ4n) is 7.00. The number of hydrogen-bond donors (Lipinski definition) is 6. The van der Waals surface area contributed by atoms with Crippen LogP contribution in [0.2, 0.25) is 0 Å². The van der Waals surface area contributed by atoms with Crippen LogP contribution in [0.5, 0.6) is 0 Å². The topological polar surface area (TPSA) is 232 Å². The van der Waals surface area contributed by atoms with Crippen molar-refractivity contribution in [3.05, 3.63) is 48.6 Å². The first-order valence-corrected chi connectivity index (χ1v) is 24.4. The monoisotopic (exact) mass is 886 g/mol. The summed E-state index contributed by atoms with van der Waals surface area (Å²) >= 11 is 0. The first kappa shape index (κ1) is 56.3. The van der Waals surface area contributed by atoms with E-state index in [0.29, 0.717) is 44.9 Å². The number of allylic oxidation sites excluding steroid dienone is 6. The highest BCUT2D eigenvalue weighted by atomic mass is 31.2. The fourth-order valence-corrected chi connectivity index (χ4v) is 7.78. The molecule has 1 fully saturated rings. The van der Waals surface area contributed by atoms with Crippen molar-refractivity contribution in [1.82, 2.24) is 0 Å². The number of carbonyl (C=O) groups is 3. The van der Waals surface area contributed by atoms with E-state index in [9.17, 15) is 39.2 Å². The second kappa shape index (κ2) is 35.7. The molecule has 1 saturated carbocycles. The molecule has 1 aliphatic rings. The normalized spacial score (nSPS) is 20.8. The molecule has 0 spiro atoms. The predicted octanol–water partition coefficient (Wildman–Crippen LogP) is 8.55. The van der Waals surface area contributed by atoms with Gasteiger partial charge in [-0.1, -0.05) is 133 Å². The van der Waals surface area contributed by atoms with Crippen LogP contribution in [0.1, 0.15) is 162 Å². The third-order valence-corrected chi connectivity index (χ3v) is 11.6. The lowest BCUT2D eigenvalue weighted by Gasteiger charge is -2.21. The smallest absolute Gasteiger partial charge is 0.472 e. The van der Waals surface area contributed by atoms with Crippen LogP contribution in [-0.4, -0.2) is 93.5 Å². The first-order valence-electron chi connectivity index (χ1n) is 22.9. The van der Waals surface area contributed by atoms with Gasteiger partial charge in [-0.25, -0.2) is 4.57 Å². The molecule has 0 heterocycles. The van der Waals surface area contributed by atoms with E-state index >= 15 is 0 Å². The van der Waals surface area contributed by atoms with Gasteiger partial charge in [0.05, 0.1) is 31.5 Å². The lowest BCUT2D eigenvalue weighted by atomic mass is 9.88. The van der Waals surface area contributed by atoms with Crippen LogP contribution in [0.25, 0.3) is 0 Å². The molecule has 0 aromatic rings. The second-order valence-electron chi connectivity index (χ2n) is 16.1. The van der Waals surface area contributed by atoms with Crippen molar-refractivity contribution >= 4 is 25.7 Å². The highest BCUT2D eigenvalue weighted by Gasteiger charge is 2.39. The number of carboxylic acids is 1. The number of nitrogens with two attached hydrogens (primary N) is 1. The van der Waals surface area contributed by atoms with Gasteiger partial charge in [-0.2, -0.15) is 0 Å². The van der Waals surface area contributed by atoms with Gasteiger partial charge >= 0.3 is 25.7 Å². The third-order valence-electron chi connectivity index (χ3n) is 10.6. The Hall–Kier alpha value is -2.68. The molecule has 8 atom stereocenters. The lowest BCUT2D eigenvalue weighted by Crippen LogP contribution is -2.34. The average Bonchev–Trinajstić information content (AvgIpc) is 3.49. The summed E-state index contributed by atoms with van der Waals surface area (Å²) < 4.78 is 32.7. The van der Waals surface area contributed by atoms with Crippen LogP contribution >= 0.6 is 7.82 Å². The molecule has 7 N–H and O–H groups in total. The Morgan fingerprint density at radius 2 is 1.30 bits per heavy atom. The Kier molecular flexibility index (Phi) is 33.0. The van der Waals surface area contributed by atoms with Crippen molar-refractivity contribution in [1.29, 1.82) is 0 Å². The van der Waals surface area contributed by atoms with Crippen molar-refractivity contribution in [3.63, 3.8) is 0 Å². The maximum absolute atomic E-state index is 12.8. The van der Waals surface area contributed by atoms with E-state index in [-0.39, 0.29) is 24.7 Å². The van der Waals surface area contributed by atoms with Gasteiger partial charge in [0, 0.05) is 25.2 Å². The SMILES string of the molecule is CCCCCCCC/C=C\C/C=C\C/C=C\CCCC(=O)OC[C@H](COP(=O)(O)OC[C@H](N)C(=O)O)OC(=O)CCCCCC[C@@H]1[C@@H](/C=C/[C@@H](O)CCCCC)[C@H](O)C[C@@H]1O. The summed E-state index contributed by atoms with van der Waals surface area (Å²) in [5, 5.41) is 40.3. The summed E-state index contributed by atoms with van der Waals surface area (Å²) in [5.41, 5.74) is 5.33. The van der Waals surface area contributed by atoms with Crippen molar-refractivity contribution in [2.75, 3.05) is 19.8 Å². The van der Waals surface area contributed by atoms with E-state index < -0.39 is 76.0 Å². The van der Waals surface area contributed by atoms with Gasteiger partial charge in [-0.3, -0.25) is 23.4 Å². The number of aliphatic hydroxyl groups is 3. The van der Waals surface area contributed by atoms with Crippen molar-refractivity contribution in [2.45, 2.75) is 192 Å². The van der Waals surface area contributed by atoms with E-state index in [0.717, 1.165) is 51.4 Å². The Morgan fingerprint density at radius 3 is 1.98 bits per heavy atom. The molecule has 0 aromatic carbocycles. The van der Waals surface area contributed by atoms with E-state index in [1.165, 1.54) is 38.5 Å². The standard InChI is InChI=1S/C46H80NO13P/c1-3-5-7-8-9-10-11-12-13-14-15-16-17-18-19-20-25-29-44(51)57-34-38(35-58-61(55,56)59-36-41(47)46(53)54)60-45(52)30-26-22-21-24-28-39-40(43(50)33-42(39)49)32-31-37(48)27-23-6-4-2/h12-13,15-16,18-19,31-32,37-43,48-50H,3-11,14,17,20-30,33-36,47H2,1-2H3,(H,53,54)(H,55,56)/b13-12-,16-15-,19-18-,32-31+/t37-,38+,39+,40+,41-,42-,43+/m0/s1. The molecule has 1 rings (SSSR count). The maximum atomic E-state index is 12.8. The number of aliphatic hydroxyl groups excluding tert-OH is 3. The summed E-state index contributed by atoms with van der Waals surface area (Å²) in [6.45, 7) is 2.43. The van der Waals surface area contributed by atoms with Gasteiger partial charge in [-0.15, -0.1) is 0 Å². The van der Waals surface area contributed by atoms with Crippen LogP contribution < -0.4 is 5.73 Å². The number of carboxylic acid groups (broad SMARTS) is 1. The number of hydrogen-bond acceptors (Lipinski definition) is 12. The number of phosphoric ester groups is 1. The highest BCUT2D eigenvalue weighted by molar-refractivity contribution is 7.47. The Morgan fingerprint density at radius 1 is 0.721 bits per heavy atom. The molecule has 352 valence electrons. The molecular weight excluding hydrogens is 805 g/mol. The minimum absolute atomic E-state index is 0.0225. The molecule has 0 amide bonds. The minimum atomic E-state index is -4.79. The fraction of sp³-hybridized carbons (Fsp3) is 0.761. The number of ether oxygens (including phenoxy) is 2. The third kappa shape index (κ3) is 30.1. The van der Waals surface area contributed by atoms with E-state index in [2.05, 4.69) is 42.7 Å². The first-order chi connectivity index (χ1) is 29.3. The molecule has 0 radical (unpaired) electrons. The number of esters is 2. The van der Waals surface area contributed by atoms with E-state index in [1.54, 1.807) is 6.08 Å². The Bertz CT molecular complexity index is 1340. The summed E-state index contributed by atoms with van der Waals surface area (Å²) in [7, 11) is -4.79. The zero-order valence-corrected chi connectivity index (χ0v) is 38.0. The van der Waals surface area contributed by atoms with Crippen LogP contribution in [0.15, 0.2) is 48.6 Å². The van der Waals surface area contributed by atoms with Crippen LogP contribution in [0, 0.1) is 11.8 Å². The number of carbonyl (C=O) groups excluding carboxylic acids is 2. The molecule has 14 nitrogen and oxygen atoms in total.